The molecule has 0 aromatic heterocycles. The molecule has 0 saturated carbocycles. The van der Waals surface area contributed by atoms with E-state index in [1.807, 2.05) is 0 Å². The summed E-state index contributed by atoms with van der Waals surface area (Å²) in [6, 6.07) is 0. The monoisotopic (exact) mass is 156 g/mol. The van der Waals surface area contributed by atoms with Gasteiger partial charge in [0.1, 0.15) is 7.05 Å². The number of likely N-dealkylation sites (N-methyl/N-ethyl adjacent to an activating group) is 1. The topological polar surface area (TPSA) is 3.01 Å². The molecule has 0 atom stereocenters. The molecular formula is C8H14NS+. The Hall–Kier alpha value is -0.240. The summed E-state index contributed by atoms with van der Waals surface area (Å²) < 4.78 is 2.23. The summed E-state index contributed by atoms with van der Waals surface area (Å²) >= 11 is 1.79. The number of allylic oxidation sites excluding steroid dienone is 1. The van der Waals surface area contributed by atoms with Crippen molar-refractivity contribution in [1.82, 2.24) is 0 Å². The lowest BCUT2D eigenvalue weighted by Gasteiger charge is -2.19. The molecule has 0 N–H and O–H groups in total. The highest BCUT2D eigenvalue weighted by molar-refractivity contribution is 8.15. The standard InChI is InChI=1S/C8H14NS/c1-7-5-8(2,3)9(4)6-10-7/h5-6H,1-4H3/q+1. The van der Waals surface area contributed by atoms with Crippen molar-refractivity contribution in [3.05, 3.63) is 11.0 Å². The maximum atomic E-state index is 2.29. The summed E-state index contributed by atoms with van der Waals surface area (Å²) in [7, 11) is 2.11. The molecule has 0 spiro atoms. The first-order valence-electron chi connectivity index (χ1n) is 3.45. The van der Waals surface area contributed by atoms with Crippen LogP contribution in [0.5, 0.6) is 0 Å². The lowest BCUT2D eigenvalue weighted by molar-refractivity contribution is -0.554. The van der Waals surface area contributed by atoms with E-state index in [0.29, 0.717) is 0 Å². The highest BCUT2D eigenvalue weighted by Crippen LogP contribution is 2.23. The van der Waals surface area contributed by atoms with Crippen LogP contribution in [-0.2, 0) is 0 Å². The number of nitrogens with zero attached hydrogens (tertiary/aromatic N) is 1. The van der Waals surface area contributed by atoms with Crippen molar-refractivity contribution in [1.29, 1.82) is 0 Å². The van der Waals surface area contributed by atoms with Gasteiger partial charge in [-0.05, 0) is 29.7 Å². The highest BCUT2D eigenvalue weighted by atomic mass is 32.2. The zero-order valence-corrected chi connectivity index (χ0v) is 7.83. The van der Waals surface area contributed by atoms with Gasteiger partial charge in [-0.15, -0.1) is 0 Å². The third kappa shape index (κ3) is 1.43. The Morgan fingerprint density at radius 1 is 1.50 bits per heavy atom. The number of rotatable bonds is 0. The first-order valence-corrected chi connectivity index (χ1v) is 4.33. The molecule has 1 heterocycles. The predicted octanol–water partition coefficient (Wildman–Crippen LogP) is 2.09. The average Bonchev–Trinajstić information content (AvgIpc) is 1.78. The molecule has 0 unspecified atom stereocenters. The van der Waals surface area contributed by atoms with Crippen LogP contribution in [-0.4, -0.2) is 22.7 Å². The smallest absolute Gasteiger partial charge is 0.203 e. The van der Waals surface area contributed by atoms with Gasteiger partial charge < -0.3 is 0 Å². The van der Waals surface area contributed by atoms with Gasteiger partial charge in [-0.1, -0.05) is 0 Å². The molecule has 0 aliphatic carbocycles. The molecule has 1 aliphatic rings. The van der Waals surface area contributed by atoms with Crippen molar-refractivity contribution < 1.29 is 4.58 Å². The summed E-state index contributed by atoms with van der Waals surface area (Å²) in [5.74, 6) is 0. The predicted molar refractivity (Wildman–Crippen MR) is 47.7 cm³/mol. The summed E-state index contributed by atoms with van der Waals surface area (Å²) in [5, 5.41) is 0. The molecule has 56 valence electrons. The Bertz CT molecular complexity index is 201. The minimum absolute atomic E-state index is 0.204. The molecule has 0 aromatic carbocycles. The minimum Gasteiger partial charge on any atom is -0.224 e. The minimum atomic E-state index is 0.204. The largest absolute Gasteiger partial charge is 0.224 e. The Labute approximate surface area is 66.8 Å². The molecule has 2 heteroatoms. The van der Waals surface area contributed by atoms with E-state index in [1.165, 1.54) is 4.91 Å². The van der Waals surface area contributed by atoms with Crippen LogP contribution < -0.4 is 0 Å². The number of thioether (sulfide) groups is 1. The zero-order valence-electron chi connectivity index (χ0n) is 7.01. The molecule has 0 saturated heterocycles. The van der Waals surface area contributed by atoms with Gasteiger partial charge in [0.15, 0.2) is 5.54 Å². The van der Waals surface area contributed by atoms with Gasteiger partial charge >= 0.3 is 0 Å². The lowest BCUT2D eigenvalue weighted by Crippen LogP contribution is -2.33. The molecule has 1 nitrogen and oxygen atoms in total. The molecule has 0 fully saturated rings. The Balaban J connectivity index is 2.90. The van der Waals surface area contributed by atoms with Crippen LogP contribution in [0.2, 0.25) is 0 Å². The van der Waals surface area contributed by atoms with Gasteiger partial charge in [0.2, 0.25) is 5.55 Å². The van der Waals surface area contributed by atoms with E-state index in [0.717, 1.165) is 0 Å². The van der Waals surface area contributed by atoms with E-state index < -0.39 is 0 Å². The van der Waals surface area contributed by atoms with E-state index in [-0.39, 0.29) is 5.54 Å². The van der Waals surface area contributed by atoms with E-state index in [1.54, 1.807) is 11.8 Å². The molecular weight excluding hydrogens is 142 g/mol. The van der Waals surface area contributed by atoms with Crippen LogP contribution in [0, 0.1) is 0 Å². The second-order valence-electron chi connectivity index (χ2n) is 3.24. The lowest BCUT2D eigenvalue weighted by atomic mass is 10.1. The molecule has 1 rings (SSSR count). The van der Waals surface area contributed by atoms with Crippen LogP contribution in [0.3, 0.4) is 0 Å². The third-order valence-corrected chi connectivity index (χ3v) is 2.77. The summed E-state index contributed by atoms with van der Waals surface area (Å²) in [6.45, 7) is 6.58. The molecule has 0 bridgehead atoms. The van der Waals surface area contributed by atoms with E-state index in [9.17, 15) is 0 Å². The highest BCUT2D eigenvalue weighted by Gasteiger charge is 2.27. The summed E-state index contributed by atoms with van der Waals surface area (Å²) in [6.07, 6.45) is 2.29. The maximum absolute atomic E-state index is 2.29. The van der Waals surface area contributed by atoms with Gasteiger partial charge in [0.05, 0.1) is 0 Å². The summed E-state index contributed by atoms with van der Waals surface area (Å²) in [5.41, 5.74) is 2.37. The fourth-order valence-electron chi connectivity index (χ4n) is 0.931. The van der Waals surface area contributed by atoms with Gasteiger partial charge in [0, 0.05) is 13.8 Å². The molecule has 0 radical (unpaired) electrons. The average molecular weight is 156 g/mol. The fraction of sp³-hybridized carbons (Fsp3) is 0.625. The van der Waals surface area contributed by atoms with Crippen molar-refractivity contribution >= 4 is 17.3 Å². The molecule has 10 heavy (non-hydrogen) atoms. The van der Waals surface area contributed by atoms with Crippen LogP contribution in [0.25, 0.3) is 0 Å². The van der Waals surface area contributed by atoms with Crippen molar-refractivity contribution in [2.45, 2.75) is 26.3 Å². The van der Waals surface area contributed by atoms with Gasteiger partial charge in [0.25, 0.3) is 0 Å². The van der Waals surface area contributed by atoms with Gasteiger partial charge in [-0.25, -0.2) is 4.58 Å². The SMILES string of the molecule is CC1=CC(C)(C)[N+](C)=CS1. The van der Waals surface area contributed by atoms with Crippen molar-refractivity contribution in [3.8, 4) is 0 Å². The number of hydrogen-bond donors (Lipinski definition) is 0. The Kier molecular flexibility index (Phi) is 1.90. The second kappa shape index (κ2) is 2.42. The quantitative estimate of drug-likeness (QED) is 0.485. The summed E-state index contributed by atoms with van der Waals surface area (Å²) in [4.78, 5) is 1.39. The third-order valence-electron chi connectivity index (χ3n) is 1.86. The van der Waals surface area contributed by atoms with Crippen LogP contribution >= 0.6 is 11.8 Å². The van der Waals surface area contributed by atoms with E-state index >= 15 is 0 Å². The molecule has 0 aromatic rings. The van der Waals surface area contributed by atoms with Crippen molar-refractivity contribution in [3.63, 3.8) is 0 Å². The fourth-order valence-corrected chi connectivity index (χ4v) is 1.88. The second-order valence-corrected chi connectivity index (χ2v) is 4.33. The Morgan fingerprint density at radius 2 is 2.10 bits per heavy atom. The van der Waals surface area contributed by atoms with Crippen molar-refractivity contribution in [2.75, 3.05) is 7.05 Å². The van der Waals surface area contributed by atoms with Crippen LogP contribution in [0.1, 0.15) is 20.8 Å². The number of hydrogen-bond acceptors (Lipinski definition) is 1. The first kappa shape index (κ1) is 7.86. The molecule has 0 amide bonds. The van der Waals surface area contributed by atoms with E-state index in [4.69, 9.17) is 0 Å². The Morgan fingerprint density at radius 3 is 2.50 bits per heavy atom. The van der Waals surface area contributed by atoms with Gasteiger partial charge in [-0.2, -0.15) is 0 Å². The van der Waals surface area contributed by atoms with Gasteiger partial charge in [-0.3, -0.25) is 0 Å². The normalized spacial score (nSPS) is 23.6. The van der Waals surface area contributed by atoms with Crippen LogP contribution in [0.4, 0.5) is 0 Å². The van der Waals surface area contributed by atoms with E-state index in [2.05, 4.69) is 44.0 Å². The first-order chi connectivity index (χ1) is 4.52. The molecule has 1 aliphatic heterocycles. The van der Waals surface area contributed by atoms with Crippen LogP contribution in [0.15, 0.2) is 11.0 Å². The zero-order chi connectivity index (χ0) is 7.78. The maximum Gasteiger partial charge on any atom is 0.203 e. The van der Waals surface area contributed by atoms with Crippen molar-refractivity contribution in [2.24, 2.45) is 0 Å².